The van der Waals surface area contributed by atoms with Crippen LogP contribution in [0.1, 0.15) is 42.9 Å². The average Bonchev–Trinajstić information content (AvgIpc) is 3.49. The Morgan fingerprint density at radius 1 is 0.943 bits per heavy atom. The summed E-state index contributed by atoms with van der Waals surface area (Å²) in [6.07, 6.45) is 3.45. The summed E-state index contributed by atoms with van der Waals surface area (Å²) in [5.74, 6) is -0.405. The molecule has 0 spiro atoms. The van der Waals surface area contributed by atoms with E-state index in [9.17, 15) is 14.7 Å². The Bertz CT molecular complexity index is 1190. The first-order valence-electron chi connectivity index (χ1n) is 11.3. The molecule has 2 aromatic rings. The number of hydrogen-bond donors (Lipinski definition) is 1. The zero-order chi connectivity index (χ0) is 25.3. The third-order valence-corrected chi connectivity index (χ3v) is 6.95. The zero-order valence-corrected chi connectivity index (χ0v) is 20.8. The van der Waals surface area contributed by atoms with Crippen LogP contribution in [-0.2, 0) is 9.59 Å². The van der Waals surface area contributed by atoms with Crippen LogP contribution in [0.15, 0.2) is 35.9 Å². The lowest BCUT2D eigenvalue weighted by Crippen LogP contribution is -2.37. The highest BCUT2D eigenvalue weighted by Gasteiger charge is 2.50. The average molecular weight is 502 g/mol. The zero-order valence-electron chi connectivity index (χ0n) is 20.1. The number of methoxy groups -OCH3 is 4. The Kier molecular flexibility index (Phi) is 7.12. The molecule has 8 nitrogen and oxygen atoms in total. The Hall–Kier alpha value is -3.39. The molecule has 0 aromatic heterocycles. The number of carbonyl (C=O) groups excluding carboxylic acids is 2. The molecule has 2 fully saturated rings. The topological polar surface area (TPSA) is 94.5 Å². The number of ketones is 1. The van der Waals surface area contributed by atoms with E-state index in [-0.39, 0.29) is 33.7 Å². The lowest BCUT2D eigenvalue weighted by Gasteiger charge is -2.31. The van der Waals surface area contributed by atoms with E-state index in [1.807, 2.05) is 0 Å². The van der Waals surface area contributed by atoms with Crippen LogP contribution in [0.25, 0.3) is 5.76 Å². The molecule has 2 aromatic carbocycles. The summed E-state index contributed by atoms with van der Waals surface area (Å²) in [5, 5.41) is 11.7. The van der Waals surface area contributed by atoms with Gasteiger partial charge in [-0.1, -0.05) is 36.6 Å². The van der Waals surface area contributed by atoms with Gasteiger partial charge in [0.2, 0.25) is 0 Å². The third kappa shape index (κ3) is 4.16. The van der Waals surface area contributed by atoms with Crippen LogP contribution < -0.4 is 18.9 Å². The van der Waals surface area contributed by atoms with Crippen molar-refractivity contribution in [2.75, 3.05) is 28.4 Å². The molecule has 1 saturated heterocycles. The van der Waals surface area contributed by atoms with Crippen molar-refractivity contribution in [2.45, 2.75) is 37.8 Å². The molecule has 0 bridgehead atoms. The second kappa shape index (κ2) is 10.1. The third-order valence-electron chi connectivity index (χ3n) is 6.66. The molecule has 186 valence electrons. The highest BCUT2D eigenvalue weighted by atomic mass is 35.5. The number of halogens is 1. The van der Waals surface area contributed by atoms with Gasteiger partial charge in [-0.25, -0.2) is 0 Å². The van der Waals surface area contributed by atoms with Crippen molar-refractivity contribution in [3.8, 4) is 23.0 Å². The molecule has 35 heavy (non-hydrogen) atoms. The van der Waals surface area contributed by atoms with Gasteiger partial charge >= 0.3 is 0 Å². The lowest BCUT2D eigenvalue weighted by atomic mass is 9.93. The molecule has 4 rings (SSSR count). The molecule has 1 N–H and O–H groups in total. The predicted octanol–water partition coefficient (Wildman–Crippen LogP) is 4.74. The summed E-state index contributed by atoms with van der Waals surface area (Å²) < 4.78 is 21.8. The van der Waals surface area contributed by atoms with Gasteiger partial charge in [0.1, 0.15) is 17.3 Å². The van der Waals surface area contributed by atoms with Gasteiger partial charge in [-0.15, -0.1) is 0 Å². The largest absolute Gasteiger partial charge is 0.507 e. The summed E-state index contributed by atoms with van der Waals surface area (Å²) >= 11 is 6.33. The molecule has 1 saturated carbocycles. The van der Waals surface area contributed by atoms with Crippen LogP contribution >= 0.6 is 11.6 Å². The number of ether oxygens (including phenoxy) is 4. The lowest BCUT2D eigenvalue weighted by molar-refractivity contribution is -0.141. The SMILES string of the molecule is COc1cc(OC)c(/C(O)=C2\C(=O)C(=O)N(C3CCCC3)C2c2cccc(OC)c2OC)cc1Cl. The van der Waals surface area contributed by atoms with E-state index in [2.05, 4.69) is 0 Å². The number of nitrogens with zero attached hydrogens (tertiary/aromatic N) is 1. The van der Waals surface area contributed by atoms with Crippen LogP contribution in [0.5, 0.6) is 23.0 Å². The quantitative estimate of drug-likeness (QED) is 0.332. The van der Waals surface area contributed by atoms with Gasteiger partial charge in [0, 0.05) is 17.7 Å². The maximum atomic E-state index is 13.5. The first kappa shape index (κ1) is 24.7. The minimum Gasteiger partial charge on any atom is -0.507 e. The number of rotatable bonds is 7. The van der Waals surface area contributed by atoms with E-state index in [0.29, 0.717) is 22.8 Å². The van der Waals surface area contributed by atoms with Crippen molar-refractivity contribution in [1.82, 2.24) is 4.90 Å². The van der Waals surface area contributed by atoms with E-state index < -0.39 is 17.7 Å². The van der Waals surface area contributed by atoms with Gasteiger partial charge in [-0.3, -0.25) is 9.59 Å². The van der Waals surface area contributed by atoms with Crippen LogP contribution in [0.2, 0.25) is 5.02 Å². The van der Waals surface area contributed by atoms with E-state index >= 15 is 0 Å². The second-order valence-electron chi connectivity index (χ2n) is 8.41. The molecule has 1 heterocycles. The summed E-state index contributed by atoms with van der Waals surface area (Å²) in [4.78, 5) is 28.4. The molecule has 1 aliphatic heterocycles. The number of likely N-dealkylation sites (tertiary alicyclic amines) is 1. The number of Topliss-reactive ketones (excluding diaryl/α,β-unsaturated/α-hetero) is 1. The Morgan fingerprint density at radius 2 is 1.60 bits per heavy atom. The first-order chi connectivity index (χ1) is 16.9. The molecule has 9 heteroatoms. The number of benzene rings is 2. The number of hydrogen-bond acceptors (Lipinski definition) is 7. The maximum absolute atomic E-state index is 13.5. The minimum atomic E-state index is -0.881. The van der Waals surface area contributed by atoms with E-state index in [1.54, 1.807) is 23.1 Å². The summed E-state index contributed by atoms with van der Waals surface area (Å²) in [5.41, 5.74) is 0.653. The Labute approximate surface area is 209 Å². The van der Waals surface area contributed by atoms with Crippen molar-refractivity contribution in [3.05, 3.63) is 52.1 Å². The number of para-hydroxylation sites is 1. The highest BCUT2D eigenvalue weighted by Crippen LogP contribution is 2.49. The standard InChI is InChI=1S/C26H28ClNO7/c1-32-18-11-7-10-15(25(18)35-4)22-21(24(30)26(31)28(22)14-8-5-6-9-14)23(29)16-12-17(27)20(34-3)13-19(16)33-2/h7,10-14,22,29H,5-6,8-9H2,1-4H3/b23-21+. The van der Waals surface area contributed by atoms with Gasteiger partial charge in [0.25, 0.3) is 11.7 Å². The normalized spacial score (nSPS) is 19.8. The van der Waals surface area contributed by atoms with Crippen LogP contribution in [0, 0.1) is 0 Å². The van der Waals surface area contributed by atoms with E-state index in [0.717, 1.165) is 25.7 Å². The van der Waals surface area contributed by atoms with Crippen molar-refractivity contribution in [2.24, 2.45) is 0 Å². The summed E-state index contributed by atoms with van der Waals surface area (Å²) in [6, 6.07) is 7.22. The van der Waals surface area contributed by atoms with Crippen LogP contribution in [-0.4, -0.2) is 56.2 Å². The molecule has 1 aliphatic carbocycles. The van der Waals surface area contributed by atoms with E-state index in [4.69, 9.17) is 30.5 Å². The van der Waals surface area contributed by atoms with E-state index in [1.165, 1.54) is 40.6 Å². The molecule has 0 radical (unpaired) electrons. The van der Waals surface area contributed by atoms with Gasteiger partial charge in [-0.05, 0) is 25.0 Å². The number of aliphatic hydroxyl groups excluding tert-OH is 1. The Morgan fingerprint density at radius 3 is 2.20 bits per heavy atom. The monoisotopic (exact) mass is 501 g/mol. The summed E-state index contributed by atoms with van der Waals surface area (Å²) in [6.45, 7) is 0. The van der Waals surface area contributed by atoms with Gasteiger partial charge in [0.05, 0.1) is 50.6 Å². The van der Waals surface area contributed by atoms with Crippen LogP contribution in [0.4, 0.5) is 0 Å². The van der Waals surface area contributed by atoms with Gasteiger partial charge in [0.15, 0.2) is 11.5 Å². The summed E-state index contributed by atoms with van der Waals surface area (Å²) in [7, 11) is 5.90. The molecule has 1 atom stereocenters. The van der Waals surface area contributed by atoms with Gasteiger partial charge in [-0.2, -0.15) is 0 Å². The molecule has 2 aliphatic rings. The fourth-order valence-electron chi connectivity index (χ4n) is 5.03. The van der Waals surface area contributed by atoms with Crippen molar-refractivity contribution in [1.29, 1.82) is 0 Å². The van der Waals surface area contributed by atoms with Crippen molar-refractivity contribution >= 4 is 29.1 Å². The first-order valence-corrected chi connectivity index (χ1v) is 11.7. The number of carbonyl (C=O) groups is 2. The highest BCUT2D eigenvalue weighted by molar-refractivity contribution is 6.46. The molecular formula is C26H28ClNO7. The second-order valence-corrected chi connectivity index (χ2v) is 8.82. The Balaban J connectivity index is 2.00. The van der Waals surface area contributed by atoms with Gasteiger partial charge < -0.3 is 29.0 Å². The van der Waals surface area contributed by atoms with Crippen molar-refractivity contribution < 1.29 is 33.6 Å². The molecule has 1 unspecified atom stereocenters. The molecular weight excluding hydrogens is 474 g/mol. The number of amides is 1. The van der Waals surface area contributed by atoms with Crippen LogP contribution in [0.3, 0.4) is 0 Å². The predicted molar refractivity (Wildman–Crippen MR) is 131 cm³/mol. The number of aliphatic hydroxyl groups is 1. The fraction of sp³-hybridized carbons (Fsp3) is 0.385. The smallest absolute Gasteiger partial charge is 0.295 e. The maximum Gasteiger partial charge on any atom is 0.295 e. The fourth-order valence-corrected chi connectivity index (χ4v) is 5.27. The van der Waals surface area contributed by atoms with Crippen molar-refractivity contribution in [3.63, 3.8) is 0 Å². The minimum absolute atomic E-state index is 0.0620. The molecule has 1 amide bonds.